The molecule has 0 aromatic heterocycles. The number of hydrogen-bond donors (Lipinski definition) is 3. The topological polar surface area (TPSA) is 95.9 Å². The van der Waals surface area contributed by atoms with Gasteiger partial charge in [-0.15, -0.1) is 0 Å². The van der Waals surface area contributed by atoms with Crippen LogP contribution in [0.2, 0.25) is 0 Å². The van der Waals surface area contributed by atoms with Crippen molar-refractivity contribution in [1.29, 1.82) is 0 Å². The van der Waals surface area contributed by atoms with Crippen LogP contribution in [0.1, 0.15) is 258 Å². The van der Waals surface area contributed by atoms with Gasteiger partial charge in [0, 0.05) is 12.8 Å². The summed E-state index contributed by atoms with van der Waals surface area (Å²) in [6.07, 6.45) is 57.1. The van der Waals surface area contributed by atoms with Crippen LogP contribution in [0.25, 0.3) is 0 Å². The standard InChI is InChI=1S/C52H97NO5/c1-3-5-7-9-11-13-15-21-26-30-34-38-42-46-52(57)58-47-43-39-35-31-27-23-20-18-16-17-19-22-25-29-33-37-41-45-51(56)53-49(48-54)50(55)44-40-36-32-28-24-14-12-10-8-6-4-2/h13,15-16,18,40,44,49-50,54-55H,3-12,14,17,19-39,41-43,45-48H2,1-2H3,(H,53,56)/b15-13-,18-16-,44-40+. The van der Waals surface area contributed by atoms with Gasteiger partial charge in [-0.25, -0.2) is 0 Å². The van der Waals surface area contributed by atoms with E-state index in [9.17, 15) is 19.8 Å². The zero-order valence-corrected chi connectivity index (χ0v) is 38.5. The van der Waals surface area contributed by atoms with Crippen molar-refractivity contribution >= 4 is 11.9 Å². The van der Waals surface area contributed by atoms with E-state index >= 15 is 0 Å². The highest BCUT2D eigenvalue weighted by Gasteiger charge is 2.18. The molecule has 0 saturated heterocycles. The lowest BCUT2D eigenvalue weighted by atomic mass is 10.1. The maximum atomic E-state index is 12.4. The summed E-state index contributed by atoms with van der Waals surface area (Å²) in [6.45, 7) is 4.84. The summed E-state index contributed by atoms with van der Waals surface area (Å²) in [4.78, 5) is 24.4. The first-order valence-electron chi connectivity index (χ1n) is 25.3. The zero-order valence-electron chi connectivity index (χ0n) is 38.5. The average Bonchev–Trinajstić information content (AvgIpc) is 3.22. The van der Waals surface area contributed by atoms with Crippen molar-refractivity contribution in [2.45, 2.75) is 270 Å². The summed E-state index contributed by atoms with van der Waals surface area (Å²) in [7, 11) is 0. The van der Waals surface area contributed by atoms with E-state index in [4.69, 9.17) is 4.74 Å². The first kappa shape index (κ1) is 56.1. The maximum absolute atomic E-state index is 12.4. The molecule has 2 atom stereocenters. The Balaban J connectivity index is 3.49. The summed E-state index contributed by atoms with van der Waals surface area (Å²) in [6, 6.07) is -0.635. The Morgan fingerprint density at radius 2 is 0.810 bits per heavy atom. The van der Waals surface area contributed by atoms with Crippen LogP contribution in [0.15, 0.2) is 36.5 Å². The van der Waals surface area contributed by atoms with E-state index in [1.165, 1.54) is 173 Å². The van der Waals surface area contributed by atoms with E-state index < -0.39 is 12.1 Å². The van der Waals surface area contributed by atoms with E-state index in [0.29, 0.717) is 19.4 Å². The zero-order chi connectivity index (χ0) is 42.3. The first-order chi connectivity index (χ1) is 28.5. The lowest BCUT2D eigenvalue weighted by Gasteiger charge is -2.20. The van der Waals surface area contributed by atoms with Crippen molar-refractivity contribution in [3.8, 4) is 0 Å². The Kier molecular flexibility index (Phi) is 46.2. The summed E-state index contributed by atoms with van der Waals surface area (Å²) in [5, 5.41) is 22.9. The number of rotatable bonds is 46. The van der Waals surface area contributed by atoms with Crippen LogP contribution in [0.5, 0.6) is 0 Å². The van der Waals surface area contributed by atoms with Crippen molar-refractivity contribution in [3.63, 3.8) is 0 Å². The number of aliphatic hydroxyl groups excluding tert-OH is 2. The molecule has 340 valence electrons. The Morgan fingerprint density at radius 3 is 1.24 bits per heavy atom. The van der Waals surface area contributed by atoms with Crippen molar-refractivity contribution < 1.29 is 24.5 Å². The van der Waals surface area contributed by atoms with Crippen LogP contribution in [-0.2, 0) is 14.3 Å². The SMILES string of the molecule is CCCCCC/C=C\CCCCCCCC(=O)OCCCCCCCC/C=C\CCCCCCCCCC(=O)NC(CO)C(O)/C=C/CCCCCCCCCCC. The average molecular weight is 816 g/mol. The molecule has 0 aliphatic heterocycles. The third kappa shape index (κ3) is 43.7. The summed E-state index contributed by atoms with van der Waals surface area (Å²) >= 11 is 0. The molecule has 58 heavy (non-hydrogen) atoms. The third-order valence-corrected chi connectivity index (χ3v) is 11.4. The van der Waals surface area contributed by atoms with E-state index in [-0.39, 0.29) is 18.5 Å². The third-order valence-electron chi connectivity index (χ3n) is 11.4. The molecule has 0 saturated carbocycles. The first-order valence-corrected chi connectivity index (χ1v) is 25.3. The molecule has 0 aromatic carbocycles. The predicted molar refractivity (Wildman–Crippen MR) is 250 cm³/mol. The minimum absolute atomic E-state index is 0.0129. The largest absolute Gasteiger partial charge is 0.466 e. The van der Waals surface area contributed by atoms with Crippen molar-refractivity contribution in [2.75, 3.05) is 13.2 Å². The lowest BCUT2D eigenvalue weighted by molar-refractivity contribution is -0.143. The molecule has 0 bridgehead atoms. The van der Waals surface area contributed by atoms with Gasteiger partial charge in [0.2, 0.25) is 5.91 Å². The van der Waals surface area contributed by atoms with E-state index in [1.807, 2.05) is 6.08 Å². The molecule has 0 fully saturated rings. The molecule has 0 aromatic rings. The second-order valence-corrected chi connectivity index (χ2v) is 17.1. The second-order valence-electron chi connectivity index (χ2n) is 17.1. The molecule has 0 aliphatic rings. The Bertz CT molecular complexity index is 946. The normalized spacial score (nSPS) is 13.0. The second kappa shape index (κ2) is 47.8. The number of carbonyl (C=O) groups is 2. The number of nitrogens with one attached hydrogen (secondary N) is 1. The number of amides is 1. The minimum atomic E-state index is -0.851. The Hall–Kier alpha value is -1.92. The highest BCUT2D eigenvalue weighted by molar-refractivity contribution is 5.76. The molecule has 0 radical (unpaired) electrons. The van der Waals surface area contributed by atoms with Gasteiger partial charge in [-0.3, -0.25) is 9.59 Å². The molecule has 3 N–H and O–H groups in total. The summed E-state index contributed by atoms with van der Waals surface area (Å²) < 4.78 is 5.45. The van der Waals surface area contributed by atoms with E-state index in [0.717, 1.165) is 57.8 Å². The highest BCUT2D eigenvalue weighted by Crippen LogP contribution is 2.14. The van der Waals surface area contributed by atoms with Crippen molar-refractivity contribution in [2.24, 2.45) is 0 Å². The number of allylic oxidation sites excluding steroid dienone is 5. The van der Waals surface area contributed by atoms with Gasteiger partial charge in [0.15, 0.2) is 0 Å². The highest BCUT2D eigenvalue weighted by atomic mass is 16.5. The smallest absolute Gasteiger partial charge is 0.305 e. The van der Waals surface area contributed by atoms with Crippen LogP contribution < -0.4 is 5.32 Å². The van der Waals surface area contributed by atoms with Gasteiger partial charge >= 0.3 is 5.97 Å². The van der Waals surface area contributed by atoms with Crippen LogP contribution in [0.4, 0.5) is 0 Å². The number of hydrogen-bond acceptors (Lipinski definition) is 5. The number of ether oxygens (including phenoxy) is 1. The fraction of sp³-hybridized carbons (Fsp3) is 0.846. The van der Waals surface area contributed by atoms with Crippen molar-refractivity contribution in [1.82, 2.24) is 5.32 Å². The predicted octanol–water partition coefficient (Wildman–Crippen LogP) is 14.9. The number of aliphatic hydroxyl groups is 2. The van der Waals surface area contributed by atoms with Gasteiger partial charge in [0.05, 0.1) is 25.4 Å². The fourth-order valence-electron chi connectivity index (χ4n) is 7.44. The number of esters is 1. The molecule has 2 unspecified atom stereocenters. The summed E-state index contributed by atoms with van der Waals surface area (Å²) in [5.74, 6) is -0.0955. The molecule has 0 spiro atoms. The fourth-order valence-corrected chi connectivity index (χ4v) is 7.44. The van der Waals surface area contributed by atoms with Crippen molar-refractivity contribution in [3.05, 3.63) is 36.5 Å². The molecule has 0 aliphatic carbocycles. The van der Waals surface area contributed by atoms with Gasteiger partial charge in [-0.1, -0.05) is 198 Å². The van der Waals surface area contributed by atoms with Crippen LogP contribution in [0.3, 0.4) is 0 Å². The molecular formula is C52H97NO5. The lowest BCUT2D eigenvalue weighted by Crippen LogP contribution is -2.45. The van der Waals surface area contributed by atoms with Gasteiger partial charge in [-0.2, -0.15) is 0 Å². The van der Waals surface area contributed by atoms with Gasteiger partial charge < -0.3 is 20.3 Å². The van der Waals surface area contributed by atoms with Gasteiger partial charge in [-0.05, 0) is 83.5 Å². The molecule has 6 heteroatoms. The van der Waals surface area contributed by atoms with Crippen LogP contribution >= 0.6 is 0 Å². The Labute approximate surface area is 360 Å². The summed E-state index contributed by atoms with van der Waals surface area (Å²) in [5.41, 5.74) is 0. The van der Waals surface area contributed by atoms with E-state index in [2.05, 4.69) is 43.5 Å². The number of carbonyl (C=O) groups excluding carboxylic acids is 2. The molecular weight excluding hydrogens is 719 g/mol. The maximum Gasteiger partial charge on any atom is 0.305 e. The minimum Gasteiger partial charge on any atom is -0.466 e. The number of unbranched alkanes of at least 4 members (excludes halogenated alkanes) is 31. The molecule has 0 rings (SSSR count). The van der Waals surface area contributed by atoms with Crippen LogP contribution in [0, 0.1) is 0 Å². The quantitative estimate of drug-likeness (QED) is 0.0323. The van der Waals surface area contributed by atoms with Gasteiger partial charge in [0.25, 0.3) is 0 Å². The van der Waals surface area contributed by atoms with E-state index in [1.54, 1.807) is 6.08 Å². The van der Waals surface area contributed by atoms with Gasteiger partial charge in [0.1, 0.15) is 0 Å². The molecule has 0 heterocycles. The monoisotopic (exact) mass is 816 g/mol. The Morgan fingerprint density at radius 1 is 0.466 bits per heavy atom. The molecule has 6 nitrogen and oxygen atoms in total. The molecule has 1 amide bonds. The van der Waals surface area contributed by atoms with Crippen LogP contribution in [-0.4, -0.2) is 47.4 Å².